The summed E-state index contributed by atoms with van der Waals surface area (Å²) in [7, 11) is 0. The van der Waals surface area contributed by atoms with E-state index in [9.17, 15) is 4.39 Å². The van der Waals surface area contributed by atoms with Crippen molar-refractivity contribution in [1.29, 1.82) is 0 Å². The number of nitrogens with two attached hydrogens (primary N) is 1. The summed E-state index contributed by atoms with van der Waals surface area (Å²) in [5, 5.41) is 0.620. The molecule has 2 aromatic carbocycles. The molecule has 1 aromatic heterocycles. The van der Waals surface area contributed by atoms with E-state index in [1.165, 1.54) is 6.07 Å². The number of imidazole rings is 1. The molecule has 0 fully saturated rings. The third-order valence-corrected chi connectivity index (χ3v) is 3.70. The molecule has 0 amide bonds. The number of nitrogen functional groups attached to an aromatic ring is 1. The van der Waals surface area contributed by atoms with Crippen LogP contribution >= 0.6 is 11.6 Å². The summed E-state index contributed by atoms with van der Waals surface area (Å²) in [6.07, 6.45) is 0. The van der Waals surface area contributed by atoms with E-state index in [0.717, 1.165) is 11.0 Å². The van der Waals surface area contributed by atoms with Crippen molar-refractivity contribution < 1.29 is 4.39 Å². The van der Waals surface area contributed by atoms with E-state index in [4.69, 9.17) is 17.3 Å². The molecule has 3 aromatic rings. The van der Waals surface area contributed by atoms with Crippen LogP contribution < -0.4 is 5.73 Å². The van der Waals surface area contributed by atoms with Crippen LogP contribution in [0.4, 0.5) is 10.1 Å². The molecule has 0 aliphatic carbocycles. The Bertz CT molecular complexity index is 824. The van der Waals surface area contributed by atoms with E-state index in [1.54, 1.807) is 18.2 Å². The summed E-state index contributed by atoms with van der Waals surface area (Å²) in [6.45, 7) is 4.10. The zero-order chi connectivity index (χ0) is 15.1. The van der Waals surface area contributed by atoms with Crippen molar-refractivity contribution in [2.24, 2.45) is 0 Å². The second-order valence-electron chi connectivity index (χ2n) is 5.23. The quantitative estimate of drug-likeness (QED) is 0.700. The van der Waals surface area contributed by atoms with Crippen molar-refractivity contribution in [2.45, 2.75) is 19.9 Å². The number of para-hydroxylation sites is 1. The molecule has 0 unspecified atom stereocenters. The highest BCUT2D eigenvalue weighted by atomic mass is 35.5. The fourth-order valence-corrected chi connectivity index (χ4v) is 2.68. The molecule has 5 heteroatoms. The van der Waals surface area contributed by atoms with E-state index in [2.05, 4.69) is 18.8 Å². The number of benzene rings is 2. The van der Waals surface area contributed by atoms with Crippen LogP contribution in [0.2, 0.25) is 5.02 Å². The molecule has 108 valence electrons. The van der Waals surface area contributed by atoms with Gasteiger partial charge in [-0.15, -0.1) is 0 Å². The lowest BCUT2D eigenvalue weighted by Crippen LogP contribution is -2.05. The normalized spacial score (nSPS) is 11.5. The van der Waals surface area contributed by atoms with Gasteiger partial charge < -0.3 is 10.3 Å². The van der Waals surface area contributed by atoms with E-state index < -0.39 is 5.82 Å². The summed E-state index contributed by atoms with van der Waals surface area (Å²) in [4.78, 5) is 4.60. The molecule has 3 nitrogen and oxygen atoms in total. The van der Waals surface area contributed by atoms with Crippen LogP contribution in [-0.4, -0.2) is 9.55 Å². The highest BCUT2D eigenvalue weighted by Crippen LogP contribution is 2.33. The summed E-state index contributed by atoms with van der Waals surface area (Å²) >= 11 is 6.03. The third kappa shape index (κ3) is 2.25. The van der Waals surface area contributed by atoms with Gasteiger partial charge in [-0.05, 0) is 44.2 Å². The van der Waals surface area contributed by atoms with Gasteiger partial charge in [0.15, 0.2) is 0 Å². The molecule has 0 spiro atoms. The van der Waals surface area contributed by atoms with Gasteiger partial charge in [-0.3, -0.25) is 0 Å². The Labute approximate surface area is 127 Å². The molecule has 0 aliphatic rings. The topological polar surface area (TPSA) is 43.8 Å². The minimum Gasteiger partial charge on any atom is -0.396 e. The third-order valence-electron chi connectivity index (χ3n) is 3.46. The molecule has 3 rings (SSSR count). The molecular formula is C16H15ClFN3. The van der Waals surface area contributed by atoms with Crippen LogP contribution in [-0.2, 0) is 0 Å². The van der Waals surface area contributed by atoms with Crippen molar-refractivity contribution in [3.05, 3.63) is 47.2 Å². The van der Waals surface area contributed by atoms with Gasteiger partial charge in [0.1, 0.15) is 11.6 Å². The van der Waals surface area contributed by atoms with Crippen molar-refractivity contribution >= 4 is 28.3 Å². The number of nitrogens with zero attached hydrogens (tertiary/aromatic N) is 2. The van der Waals surface area contributed by atoms with Gasteiger partial charge in [0, 0.05) is 16.6 Å². The maximum atomic E-state index is 13.7. The lowest BCUT2D eigenvalue weighted by Gasteiger charge is -2.14. The first-order chi connectivity index (χ1) is 9.99. The lowest BCUT2D eigenvalue weighted by molar-refractivity contribution is 0.620. The summed E-state index contributed by atoms with van der Waals surface area (Å²) in [6, 6.07) is 10.5. The fraction of sp³-hybridized carbons (Fsp3) is 0.188. The Morgan fingerprint density at radius 1 is 1.24 bits per heavy atom. The Kier molecular flexibility index (Phi) is 3.33. The molecule has 0 saturated heterocycles. The minimum atomic E-state index is -0.437. The second kappa shape index (κ2) is 5.04. The molecular weight excluding hydrogens is 289 g/mol. The monoisotopic (exact) mass is 303 g/mol. The number of hydrogen-bond acceptors (Lipinski definition) is 2. The maximum Gasteiger partial charge on any atom is 0.146 e. The van der Waals surface area contributed by atoms with Gasteiger partial charge in [0.25, 0.3) is 0 Å². The lowest BCUT2D eigenvalue weighted by atomic mass is 10.1. The van der Waals surface area contributed by atoms with Crippen molar-refractivity contribution in [2.75, 3.05) is 5.73 Å². The van der Waals surface area contributed by atoms with E-state index in [1.807, 2.05) is 16.7 Å². The zero-order valence-corrected chi connectivity index (χ0v) is 12.5. The van der Waals surface area contributed by atoms with Crippen LogP contribution in [0.25, 0.3) is 22.4 Å². The number of anilines is 1. The number of rotatable bonds is 2. The smallest absolute Gasteiger partial charge is 0.146 e. The van der Waals surface area contributed by atoms with Gasteiger partial charge in [0.2, 0.25) is 0 Å². The van der Waals surface area contributed by atoms with Crippen LogP contribution in [0.1, 0.15) is 19.9 Å². The van der Waals surface area contributed by atoms with Crippen LogP contribution in [0.15, 0.2) is 36.4 Å². The van der Waals surface area contributed by atoms with E-state index in [0.29, 0.717) is 16.4 Å². The highest BCUT2D eigenvalue weighted by Gasteiger charge is 2.18. The van der Waals surface area contributed by atoms with E-state index >= 15 is 0 Å². The minimum absolute atomic E-state index is 0.112. The van der Waals surface area contributed by atoms with Crippen molar-refractivity contribution in [3.8, 4) is 11.4 Å². The fourth-order valence-electron chi connectivity index (χ4n) is 2.52. The number of fused-ring (bicyclic) bond motifs is 1. The first kappa shape index (κ1) is 13.9. The van der Waals surface area contributed by atoms with E-state index in [-0.39, 0.29) is 11.7 Å². The average molecular weight is 304 g/mol. The molecule has 21 heavy (non-hydrogen) atoms. The van der Waals surface area contributed by atoms with Gasteiger partial charge in [-0.1, -0.05) is 17.7 Å². The molecule has 1 heterocycles. The Morgan fingerprint density at radius 2 is 2.00 bits per heavy atom. The molecule has 2 N–H and O–H groups in total. The van der Waals surface area contributed by atoms with Gasteiger partial charge in [0.05, 0.1) is 16.7 Å². The Balaban J connectivity index is 2.36. The second-order valence-corrected chi connectivity index (χ2v) is 5.67. The van der Waals surface area contributed by atoms with Gasteiger partial charge in [-0.2, -0.15) is 0 Å². The Hall–Kier alpha value is -2.07. The average Bonchev–Trinajstić information content (AvgIpc) is 2.80. The predicted molar refractivity (Wildman–Crippen MR) is 84.9 cm³/mol. The standard InChI is InChI=1S/C16H15ClFN3/c1-9(2)21-14-7-6-10(17)8-13(14)20-16(21)11-4-3-5-12(18)15(11)19/h3-9H,19H2,1-2H3. The number of hydrogen-bond donors (Lipinski definition) is 1. The zero-order valence-electron chi connectivity index (χ0n) is 11.8. The van der Waals surface area contributed by atoms with Crippen molar-refractivity contribution in [1.82, 2.24) is 9.55 Å². The molecule has 0 atom stereocenters. The summed E-state index contributed by atoms with van der Waals surface area (Å²) in [5.74, 6) is 0.215. The predicted octanol–water partition coefficient (Wildman–Crippen LogP) is 4.66. The maximum absolute atomic E-state index is 13.7. The summed E-state index contributed by atoms with van der Waals surface area (Å²) in [5.41, 5.74) is 8.31. The highest BCUT2D eigenvalue weighted by molar-refractivity contribution is 6.31. The first-order valence-corrected chi connectivity index (χ1v) is 7.08. The number of aromatic nitrogens is 2. The number of halogens is 2. The summed E-state index contributed by atoms with van der Waals surface area (Å²) < 4.78 is 15.8. The van der Waals surface area contributed by atoms with Gasteiger partial charge >= 0.3 is 0 Å². The molecule has 0 radical (unpaired) electrons. The van der Waals surface area contributed by atoms with Crippen molar-refractivity contribution in [3.63, 3.8) is 0 Å². The molecule has 0 aliphatic heterocycles. The largest absolute Gasteiger partial charge is 0.396 e. The molecule has 0 bridgehead atoms. The SMILES string of the molecule is CC(C)n1c(-c2cccc(F)c2N)nc2cc(Cl)ccc21. The Morgan fingerprint density at radius 3 is 2.71 bits per heavy atom. The van der Waals surface area contributed by atoms with Crippen LogP contribution in [0.3, 0.4) is 0 Å². The van der Waals surface area contributed by atoms with Crippen LogP contribution in [0.5, 0.6) is 0 Å². The molecule has 0 saturated carbocycles. The van der Waals surface area contributed by atoms with Gasteiger partial charge in [-0.25, -0.2) is 9.37 Å². The first-order valence-electron chi connectivity index (χ1n) is 6.71. The van der Waals surface area contributed by atoms with Crippen LogP contribution in [0, 0.1) is 5.82 Å².